The molecule has 0 N–H and O–H groups in total. The highest BCUT2D eigenvalue weighted by atomic mass is 16.5. The maximum Gasteiger partial charge on any atom is 0.257 e. The van der Waals surface area contributed by atoms with E-state index in [4.69, 9.17) is 20.6 Å². The molecule has 1 fully saturated rings. The number of nitrogens with zero attached hydrogens (tertiary/aromatic N) is 3. The molecule has 36 heavy (non-hydrogen) atoms. The van der Waals surface area contributed by atoms with Gasteiger partial charge in [0.2, 0.25) is 0 Å². The summed E-state index contributed by atoms with van der Waals surface area (Å²) in [5, 5.41) is 0. The Morgan fingerprint density at radius 3 is 2.67 bits per heavy atom. The van der Waals surface area contributed by atoms with Crippen molar-refractivity contribution in [3.05, 3.63) is 59.2 Å². The smallest absolute Gasteiger partial charge is 0.257 e. The molecule has 0 spiro atoms. The number of ether oxygens (including phenoxy) is 3. The summed E-state index contributed by atoms with van der Waals surface area (Å²) < 4.78 is 18.0. The van der Waals surface area contributed by atoms with Gasteiger partial charge in [0.15, 0.2) is 0 Å². The van der Waals surface area contributed by atoms with Gasteiger partial charge in [-0.05, 0) is 29.7 Å². The molecule has 3 heterocycles. The fourth-order valence-electron chi connectivity index (χ4n) is 5.33. The maximum absolute atomic E-state index is 13.4. The molecule has 7 nitrogen and oxygen atoms in total. The van der Waals surface area contributed by atoms with Crippen LogP contribution in [0.3, 0.4) is 0 Å². The lowest BCUT2D eigenvalue weighted by Gasteiger charge is -2.33. The van der Waals surface area contributed by atoms with Crippen LogP contribution in [0.15, 0.2) is 42.5 Å². The van der Waals surface area contributed by atoms with Gasteiger partial charge in [0, 0.05) is 71.3 Å². The molecule has 1 amide bonds. The summed E-state index contributed by atoms with van der Waals surface area (Å²) >= 11 is 0. The second kappa shape index (κ2) is 11.2. The van der Waals surface area contributed by atoms with E-state index in [1.807, 2.05) is 28.0 Å². The molecule has 0 saturated carbocycles. The van der Waals surface area contributed by atoms with Crippen LogP contribution in [0.1, 0.15) is 34.3 Å². The molecule has 3 aliphatic rings. The van der Waals surface area contributed by atoms with Crippen molar-refractivity contribution in [2.45, 2.75) is 38.0 Å². The minimum atomic E-state index is -0.0720. The van der Waals surface area contributed by atoms with Gasteiger partial charge >= 0.3 is 0 Å². The Hall–Kier alpha value is -3.21. The number of hydrogen-bond acceptors (Lipinski definition) is 6. The number of methoxy groups -OCH3 is 1. The first-order chi connectivity index (χ1) is 17.6. The van der Waals surface area contributed by atoms with Crippen molar-refractivity contribution in [3.8, 4) is 24.0 Å². The van der Waals surface area contributed by atoms with E-state index in [1.54, 1.807) is 7.11 Å². The zero-order chi connectivity index (χ0) is 24.9. The molecule has 1 unspecified atom stereocenters. The van der Waals surface area contributed by atoms with Crippen LogP contribution in [0.4, 0.5) is 0 Å². The quantitative estimate of drug-likeness (QED) is 0.558. The number of likely N-dealkylation sites (tertiary alicyclic amines) is 1. The average molecular weight is 490 g/mol. The molecular weight excluding hydrogens is 454 g/mol. The van der Waals surface area contributed by atoms with E-state index in [1.165, 1.54) is 11.1 Å². The second-order valence-corrected chi connectivity index (χ2v) is 9.80. The highest BCUT2D eigenvalue weighted by molar-refractivity contribution is 5.97. The van der Waals surface area contributed by atoms with Crippen molar-refractivity contribution in [2.75, 3.05) is 53.0 Å². The van der Waals surface area contributed by atoms with Crippen LogP contribution < -0.4 is 9.47 Å². The molecule has 0 radical (unpaired) electrons. The number of fused-ring (bicyclic) bond motifs is 2. The van der Waals surface area contributed by atoms with Crippen LogP contribution in [-0.4, -0.2) is 85.8 Å². The Balaban J connectivity index is 1.20. The fourth-order valence-corrected chi connectivity index (χ4v) is 5.33. The van der Waals surface area contributed by atoms with Crippen LogP contribution in [0, 0.1) is 12.5 Å². The first-order valence-electron chi connectivity index (χ1n) is 12.9. The zero-order valence-corrected chi connectivity index (χ0v) is 21.0. The molecule has 3 aliphatic heterocycles. The first-order valence-corrected chi connectivity index (χ1v) is 12.9. The summed E-state index contributed by atoms with van der Waals surface area (Å²) in [5.74, 6) is 1.29. The van der Waals surface area contributed by atoms with Gasteiger partial charge < -0.3 is 24.0 Å². The minimum absolute atomic E-state index is 0.0255. The van der Waals surface area contributed by atoms with Crippen LogP contribution >= 0.6 is 0 Å². The number of piperidine rings is 1. The Kier molecular flexibility index (Phi) is 7.64. The van der Waals surface area contributed by atoms with Crippen molar-refractivity contribution in [1.29, 1.82) is 0 Å². The van der Waals surface area contributed by atoms with E-state index in [0.717, 1.165) is 57.7 Å². The van der Waals surface area contributed by atoms with Crippen molar-refractivity contribution in [2.24, 2.45) is 0 Å². The van der Waals surface area contributed by atoms with Gasteiger partial charge in [0.25, 0.3) is 5.91 Å². The molecular formula is C29H35N3O4. The Morgan fingerprint density at radius 2 is 1.89 bits per heavy atom. The number of carbonyl (C=O) groups excluding carboxylic acids is 1. The minimum Gasteiger partial charge on any atom is -0.491 e. The number of terminal acetylenes is 1. The number of hydrogen-bond donors (Lipinski definition) is 0. The Labute approximate surface area is 213 Å². The largest absolute Gasteiger partial charge is 0.491 e. The monoisotopic (exact) mass is 489 g/mol. The van der Waals surface area contributed by atoms with E-state index in [0.29, 0.717) is 31.0 Å². The van der Waals surface area contributed by atoms with Gasteiger partial charge in [-0.25, -0.2) is 0 Å². The SMILES string of the molecule is C#CN1CCC(Oc2ccc3c(c2)OCCN(CC(CN2CCc4ccccc4C2)OC)C3=O)CC1. The number of carbonyl (C=O) groups is 1. The molecule has 0 aliphatic carbocycles. The van der Waals surface area contributed by atoms with Crippen LogP contribution in [-0.2, 0) is 17.7 Å². The fraction of sp³-hybridized carbons (Fsp3) is 0.483. The second-order valence-electron chi connectivity index (χ2n) is 9.80. The third kappa shape index (κ3) is 5.61. The topological polar surface area (TPSA) is 54.5 Å². The predicted molar refractivity (Wildman–Crippen MR) is 138 cm³/mol. The average Bonchev–Trinajstić information content (AvgIpc) is 3.06. The Bertz CT molecular complexity index is 1110. The molecule has 190 valence electrons. The summed E-state index contributed by atoms with van der Waals surface area (Å²) in [5.41, 5.74) is 3.38. The third-order valence-corrected chi connectivity index (χ3v) is 7.45. The molecule has 2 aromatic carbocycles. The van der Waals surface area contributed by atoms with Crippen LogP contribution in [0.2, 0.25) is 0 Å². The highest BCUT2D eigenvalue weighted by Gasteiger charge is 2.28. The summed E-state index contributed by atoms with van der Waals surface area (Å²) in [6.45, 7) is 5.87. The third-order valence-electron chi connectivity index (χ3n) is 7.45. The summed E-state index contributed by atoms with van der Waals surface area (Å²) in [6, 6.07) is 16.9. The predicted octanol–water partition coefficient (Wildman–Crippen LogP) is 3.03. The van der Waals surface area contributed by atoms with E-state index < -0.39 is 0 Å². The molecule has 7 heteroatoms. The maximum atomic E-state index is 13.4. The van der Waals surface area contributed by atoms with Gasteiger partial charge in [0.1, 0.15) is 24.2 Å². The van der Waals surface area contributed by atoms with Gasteiger partial charge in [0.05, 0.1) is 18.2 Å². The van der Waals surface area contributed by atoms with Crippen molar-refractivity contribution in [3.63, 3.8) is 0 Å². The number of amides is 1. The van der Waals surface area contributed by atoms with Gasteiger partial charge in [-0.1, -0.05) is 30.7 Å². The lowest BCUT2D eigenvalue weighted by Crippen LogP contribution is -2.45. The van der Waals surface area contributed by atoms with Gasteiger partial charge in [-0.3, -0.25) is 9.69 Å². The molecule has 2 aromatic rings. The number of benzene rings is 2. The van der Waals surface area contributed by atoms with Gasteiger partial charge in [-0.2, -0.15) is 0 Å². The highest BCUT2D eigenvalue weighted by Crippen LogP contribution is 2.30. The first kappa shape index (κ1) is 24.5. The molecule has 1 saturated heterocycles. The molecule has 5 rings (SSSR count). The molecule has 0 aromatic heterocycles. The Morgan fingerprint density at radius 1 is 1.08 bits per heavy atom. The molecule has 1 atom stereocenters. The van der Waals surface area contributed by atoms with Gasteiger partial charge in [-0.15, -0.1) is 0 Å². The van der Waals surface area contributed by atoms with Crippen LogP contribution in [0.25, 0.3) is 0 Å². The van der Waals surface area contributed by atoms with Crippen LogP contribution in [0.5, 0.6) is 11.5 Å². The lowest BCUT2D eigenvalue weighted by atomic mass is 10.00. The van der Waals surface area contributed by atoms with E-state index in [-0.39, 0.29) is 18.1 Å². The summed E-state index contributed by atoms with van der Waals surface area (Å²) in [7, 11) is 1.73. The standard InChI is InChI=1S/C29H35N3O4/c1-3-30-14-11-24(12-15-30)36-25-8-9-27-28(18-25)35-17-16-32(29(27)33)21-26(34-2)20-31-13-10-22-6-4-5-7-23(22)19-31/h1,4-9,18,24,26H,10-17,19-21H2,2H3. The van der Waals surface area contributed by atoms with E-state index in [2.05, 4.69) is 35.2 Å². The summed E-state index contributed by atoms with van der Waals surface area (Å²) in [4.78, 5) is 19.7. The van der Waals surface area contributed by atoms with Crippen molar-refractivity contribution >= 4 is 5.91 Å². The number of rotatable bonds is 7. The normalized spacial score (nSPS) is 19.5. The zero-order valence-electron chi connectivity index (χ0n) is 21.0. The van der Waals surface area contributed by atoms with Crippen molar-refractivity contribution < 1.29 is 19.0 Å². The molecule has 0 bridgehead atoms. The van der Waals surface area contributed by atoms with Crippen molar-refractivity contribution in [1.82, 2.24) is 14.7 Å². The van der Waals surface area contributed by atoms with E-state index >= 15 is 0 Å². The lowest BCUT2D eigenvalue weighted by molar-refractivity contribution is 0.0275. The van der Waals surface area contributed by atoms with E-state index in [9.17, 15) is 4.79 Å². The summed E-state index contributed by atoms with van der Waals surface area (Å²) in [6.07, 6.45) is 8.36.